The molecule has 2 aliphatic rings. The van der Waals surface area contributed by atoms with Gasteiger partial charge in [-0.15, -0.1) is 0 Å². The van der Waals surface area contributed by atoms with E-state index in [1.54, 1.807) is 18.2 Å². The minimum Gasteiger partial charge on any atom is -0.482 e. The second-order valence-electron chi connectivity index (χ2n) is 7.76. The van der Waals surface area contributed by atoms with Crippen molar-refractivity contribution in [1.82, 2.24) is 9.97 Å². The van der Waals surface area contributed by atoms with Gasteiger partial charge in [0.2, 0.25) is 0 Å². The third-order valence-electron chi connectivity index (χ3n) is 5.45. The molecule has 0 saturated heterocycles. The fraction of sp³-hybridized carbons (Fsp3) is 0.429. The maximum atomic E-state index is 12.0. The van der Waals surface area contributed by atoms with Crippen LogP contribution in [0.25, 0.3) is 0 Å². The number of hydrogen-bond donors (Lipinski definition) is 5. The number of ether oxygens (including phenoxy) is 1. The van der Waals surface area contributed by atoms with Crippen LogP contribution in [0.2, 0.25) is 0 Å². The van der Waals surface area contributed by atoms with Gasteiger partial charge in [0.15, 0.2) is 18.1 Å². The molecule has 0 unspecified atom stereocenters. The number of anilines is 4. The zero-order valence-corrected chi connectivity index (χ0v) is 17.3. The number of amides is 2. The first kappa shape index (κ1) is 20.9. The molecule has 10 nitrogen and oxygen atoms in total. The number of rotatable bonds is 6. The lowest BCUT2D eigenvalue weighted by molar-refractivity contribution is -0.118. The Morgan fingerprint density at radius 1 is 1.26 bits per heavy atom. The van der Waals surface area contributed by atoms with Crippen molar-refractivity contribution in [2.24, 2.45) is 5.73 Å². The van der Waals surface area contributed by atoms with Gasteiger partial charge in [-0.25, -0.2) is 9.97 Å². The van der Waals surface area contributed by atoms with E-state index in [-0.39, 0.29) is 36.2 Å². The standard InChI is InChI=1S/C21H26N6O4/c1-2-14-20(23-11-3-6-13(28)7-4-11)27-21(18(26-14)19(22)30)24-12-5-8-15-16(9-12)31-10-17(29)25-15/h5,8-9,11,13,28H,2-4,6-7,10H2,1H3,(H2,22,30)(H,25,29)(H2,23,24,27)/t11-,13-. The van der Waals surface area contributed by atoms with Crippen LogP contribution in [0.15, 0.2) is 18.2 Å². The van der Waals surface area contributed by atoms with Gasteiger partial charge in [0.05, 0.1) is 17.5 Å². The Kier molecular flexibility index (Phi) is 5.90. The molecule has 1 aliphatic heterocycles. The minimum atomic E-state index is -0.682. The lowest BCUT2D eigenvalue weighted by Crippen LogP contribution is -2.29. The molecule has 1 aliphatic carbocycles. The Labute approximate surface area is 179 Å². The van der Waals surface area contributed by atoms with Crippen molar-refractivity contribution >= 4 is 34.8 Å². The molecule has 0 atom stereocenters. The molecule has 6 N–H and O–H groups in total. The molecule has 1 saturated carbocycles. The molecular weight excluding hydrogens is 400 g/mol. The van der Waals surface area contributed by atoms with Crippen molar-refractivity contribution in [2.75, 3.05) is 22.6 Å². The highest BCUT2D eigenvalue weighted by molar-refractivity contribution is 5.97. The number of carbonyl (C=O) groups is 2. The van der Waals surface area contributed by atoms with E-state index >= 15 is 0 Å². The number of benzene rings is 1. The first-order valence-corrected chi connectivity index (χ1v) is 10.4. The summed E-state index contributed by atoms with van der Waals surface area (Å²) in [6.45, 7) is 1.88. The van der Waals surface area contributed by atoms with Gasteiger partial charge in [0.25, 0.3) is 11.8 Å². The quantitative estimate of drug-likeness (QED) is 0.470. The lowest BCUT2D eigenvalue weighted by atomic mass is 9.93. The van der Waals surface area contributed by atoms with E-state index < -0.39 is 5.91 Å². The number of nitrogens with two attached hydrogens (primary N) is 1. The van der Waals surface area contributed by atoms with Gasteiger partial charge < -0.3 is 31.5 Å². The number of carbonyl (C=O) groups excluding carboxylic acids is 2. The number of primary amides is 1. The minimum absolute atomic E-state index is 0.0495. The van der Waals surface area contributed by atoms with Crippen LogP contribution in [-0.2, 0) is 11.2 Å². The Hall–Kier alpha value is -3.40. The van der Waals surface area contributed by atoms with Gasteiger partial charge in [-0.3, -0.25) is 9.59 Å². The van der Waals surface area contributed by atoms with E-state index in [0.29, 0.717) is 35.1 Å². The number of aliphatic hydroxyl groups excluding tert-OH is 1. The highest BCUT2D eigenvalue weighted by Crippen LogP contribution is 2.32. The SMILES string of the molecule is CCc1nc(C(N)=O)c(Nc2ccc3c(c2)OCC(=O)N3)nc1N[C@H]1CC[C@H](O)CC1. The van der Waals surface area contributed by atoms with Crippen LogP contribution < -0.4 is 26.4 Å². The number of aliphatic hydroxyl groups is 1. The van der Waals surface area contributed by atoms with Crippen LogP contribution in [0.1, 0.15) is 48.8 Å². The summed E-state index contributed by atoms with van der Waals surface area (Å²) in [5, 5.41) is 19.0. The highest BCUT2D eigenvalue weighted by Gasteiger charge is 2.23. The molecule has 2 heterocycles. The van der Waals surface area contributed by atoms with Gasteiger partial charge in [0, 0.05) is 17.8 Å². The Morgan fingerprint density at radius 2 is 2.03 bits per heavy atom. The molecule has 0 spiro atoms. The fourth-order valence-corrected chi connectivity index (χ4v) is 3.79. The van der Waals surface area contributed by atoms with Gasteiger partial charge >= 0.3 is 0 Å². The number of aryl methyl sites for hydroxylation is 1. The summed E-state index contributed by atoms with van der Waals surface area (Å²) in [5.74, 6) is 0.456. The summed E-state index contributed by atoms with van der Waals surface area (Å²) < 4.78 is 5.45. The van der Waals surface area contributed by atoms with E-state index in [4.69, 9.17) is 10.5 Å². The van der Waals surface area contributed by atoms with E-state index in [0.717, 1.165) is 25.7 Å². The van der Waals surface area contributed by atoms with Gasteiger partial charge in [0.1, 0.15) is 11.6 Å². The third-order valence-corrected chi connectivity index (χ3v) is 5.45. The highest BCUT2D eigenvalue weighted by atomic mass is 16.5. The summed E-state index contributed by atoms with van der Waals surface area (Å²) in [4.78, 5) is 32.6. The molecule has 0 bridgehead atoms. The molecular formula is C21H26N6O4. The van der Waals surface area contributed by atoms with Gasteiger partial charge in [-0.2, -0.15) is 0 Å². The zero-order chi connectivity index (χ0) is 22.0. The molecule has 1 aromatic heterocycles. The van der Waals surface area contributed by atoms with Gasteiger partial charge in [-0.1, -0.05) is 6.92 Å². The number of hydrogen-bond acceptors (Lipinski definition) is 8. The van der Waals surface area contributed by atoms with Crippen LogP contribution in [-0.4, -0.2) is 45.6 Å². The average Bonchev–Trinajstić information content (AvgIpc) is 2.75. The van der Waals surface area contributed by atoms with Crippen LogP contribution in [0, 0.1) is 0 Å². The number of fused-ring (bicyclic) bond motifs is 1. The van der Waals surface area contributed by atoms with Crippen molar-refractivity contribution in [1.29, 1.82) is 0 Å². The monoisotopic (exact) mass is 426 g/mol. The summed E-state index contributed by atoms with van der Waals surface area (Å²) in [6, 6.07) is 5.34. The average molecular weight is 426 g/mol. The molecule has 31 heavy (non-hydrogen) atoms. The van der Waals surface area contributed by atoms with Crippen LogP contribution >= 0.6 is 0 Å². The lowest BCUT2D eigenvalue weighted by Gasteiger charge is -2.27. The second kappa shape index (κ2) is 8.76. The second-order valence-corrected chi connectivity index (χ2v) is 7.76. The van der Waals surface area contributed by atoms with E-state index in [1.165, 1.54) is 0 Å². The normalized spacial score (nSPS) is 20.3. The molecule has 164 valence electrons. The summed E-state index contributed by atoms with van der Waals surface area (Å²) in [5.41, 5.74) is 7.46. The molecule has 10 heteroatoms. The van der Waals surface area contributed by atoms with Crippen molar-refractivity contribution in [3.05, 3.63) is 29.6 Å². The van der Waals surface area contributed by atoms with Crippen LogP contribution in [0.4, 0.5) is 23.0 Å². The van der Waals surface area contributed by atoms with Crippen LogP contribution in [0.5, 0.6) is 5.75 Å². The summed E-state index contributed by atoms with van der Waals surface area (Å²) in [7, 11) is 0. The van der Waals surface area contributed by atoms with E-state index in [9.17, 15) is 14.7 Å². The molecule has 1 fully saturated rings. The topological polar surface area (TPSA) is 151 Å². The van der Waals surface area contributed by atoms with Crippen molar-refractivity contribution < 1.29 is 19.4 Å². The Morgan fingerprint density at radius 3 is 2.74 bits per heavy atom. The van der Waals surface area contributed by atoms with Crippen LogP contribution in [0.3, 0.4) is 0 Å². The maximum Gasteiger partial charge on any atom is 0.271 e. The molecule has 2 aromatic rings. The Balaban J connectivity index is 1.62. The number of nitrogens with zero attached hydrogens (tertiary/aromatic N) is 2. The number of aromatic nitrogens is 2. The zero-order valence-electron chi connectivity index (χ0n) is 17.3. The van der Waals surface area contributed by atoms with E-state index in [2.05, 4.69) is 25.9 Å². The largest absolute Gasteiger partial charge is 0.482 e. The van der Waals surface area contributed by atoms with Gasteiger partial charge in [-0.05, 0) is 44.2 Å². The molecule has 1 aromatic carbocycles. The predicted molar refractivity (Wildman–Crippen MR) is 116 cm³/mol. The van der Waals surface area contributed by atoms with Crippen molar-refractivity contribution in [3.63, 3.8) is 0 Å². The smallest absolute Gasteiger partial charge is 0.271 e. The predicted octanol–water partition coefficient (Wildman–Crippen LogP) is 1.93. The first-order chi connectivity index (χ1) is 14.9. The fourth-order valence-electron chi connectivity index (χ4n) is 3.79. The third kappa shape index (κ3) is 4.69. The summed E-state index contributed by atoms with van der Waals surface area (Å²) >= 11 is 0. The first-order valence-electron chi connectivity index (χ1n) is 10.4. The van der Waals surface area contributed by atoms with Crippen molar-refractivity contribution in [3.8, 4) is 5.75 Å². The molecule has 2 amide bonds. The number of nitrogens with one attached hydrogen (secondary N) is 3. The molecule has 0 radical (unpaired) electrons. The maximum absolute atomic E-state index is 12.0. The summed E-state index contributed by atoms with van der Waals surface area (Å²) in [6.07, 6.45) is 3.48. The molecule has 4 rings (SSSR count). The Bertz CT molecular complexity index is 1000. The van der Waals surface area contributed by atoms with E-state index in [1.807, 2.05) is 6.92 Å². The van der Waals surface area contributed by atoms with Crippen molar-refractivity contribution in [2.45, 2.75) is 51.2 Å².